The highest BCUT2D eigenvalue weighted by Crippen LogP contribution is 2.11. The van der Waals surface area contributed by atoms with Crippen molar-refractivity contribution in [3.8, 4) is 17.6 Å². The van der Waals surface area contributed by atoms with Gasteiger partial charge in [-0.3, -0.25) is 0 Å². The molecule has 0 saturated heterocycles. The average molecular weight is 215 g/mol. The predicted octanol–water partition coefficient (Wildman–Crippen LogP) is 2.36. The quantitative estimate of drug-likeness (QED) is 0.447. The van der Waals surface area contributed by atoms with Crippen LogP contribution in [0, 0.1) is 11.8 Å². The fraction of sp³-hybridized carbons (Fsp3) is 0.286. The summed E-state index contributed by atoms with van der Waals surface area (Å²) in [6.07, 6.45) is 1.74. The van der Waals surface area contributed by atoms with Gasteiger partial charge in [-0.1, -0.05) is 30.7 Å². The van der Waals surface area contributed by atoms with E-state index in [1.807, 2.05) is 31.2 Å². The van der Waals surface area contributed by atoms with E-state index < -0.39 is 0 Å². The summed E-state index contributed by atoms with van der Waals surface area (Å²) < 4.78 is 5.39. The summed E-state index contributed by atoms with van der Waals surface area (Å²) >= 11 is 0. The predicted molar refractivity (Wildman–Crippen MR) is 67.3 cm³/mol. The highest BCUT2D eigenvalue weighted by atomic mass is 16.5. The lowest BCUT2D eigenvalue weighted by Crippen LogP contribution is -2.12. The van der Waals surface area contributed by atoms with Crippen LogP contribution >= 0.6 is 0 Å². The average Bonchev–Trinajstić information content (AvgIpc) is 2.33. The minimum Gasteiger partial charge on any atom is -0.490 e. The topological polar surface area (TPSA) is 21.3 Å². The molecule has 0 heterocycles. The van der Waals surface area contributed by atoms with Crippen molar-refractivity contribution < 1.29 is 4.74 Å². The lowest BCUT2D eigenvalue weighted by molar-refractivity contribution is 0.363. The monoisotopic (exact) mass is 215 g/mol. The lowest BCUT2D eigenvalue weighted by atomic mass is 10.2. The fourth-order valence-corrected chi connectivity index (χ4v) is 1.22. The van der Waals surface area contributed by atoms with Crippen molar-refractivity contribution in [1.82, 2.24) is 5.32 Å². The van der Waals surface area contributed by atoms with Gasteiger partial charge in [0.1, 0.15) is 12.4 Å². The van der Waals surface area contributed by atoms with E-state index in [-0.39, 0.29) is 0 Å². The molecule has 0 aliphatic heterocycles. The Morgan fingerprint density at radius 3 is 2.75 bits per heavy atom. The maximum atomic E-state index is 5.39. The first-order valence-corrected chi connectivity index (χ1v) is 5.29. The van der Waals surface area contributed by atoms with Crippen molar-refractivity contribution >= 4 is 0 Å². The third-order valence-corrected chi connectivity index (χ3v) is 2.01. The number of ether oxygens (including phenoxy) is 1. The summed E-state index contributed by atoms with van der Waals surface area (Å²) in [5.41, 5.74) is 1.23. The second-order valence-corrected chi connectivity index (χ2v) is 3.27. The van der Waals surface area contributed by atoms with Gasteiger partial charge in [-0.2, -0.15) is 0 Å². The van der Waals surface area contributed by atoms with Gasteiger partial charge in [-0.15, -0.1) is 5.92 Å². The van der Waals surface area contributed by atoms with Gasteiger partial charge in [-0.25, -0.2) is 0 Å². The summed E-state index contributed by atoms with van der Waals surface area (Å²) in [5, 5.41) is 3.23. The number of rotatable bonds is 6. The third-order valence-electron chi connectivity index (χ3n) is 2.01. The number of hydrogen-bond donors (Lipinski definition) is 1. The molecule has 2 heteroatoms. The minimum absolute atomic E-state index is 0.545. The second-order valence-electron chi connectivity index (χ2n) is 3.27. The molecule has 0 atom stereocenters. The minimum atomic E-state index is 0.545. The van der Waals surface area contributed by atoms with Crippen molar-refractivity contribution in [3.05, 3.63) is 42.5 Å². The molecule has 1 N–H and O–H groups in total. The zero-order chi connectivity index (χ0) is 11.6. The summed E-state index contributed by atoms with van der Waals surface area (Å²) in [5.74, 6) is 6.68. The molecule has 1 aromatic carbocycles. The molecule has 0 unspecified atom stereocenters. The Morgan fingerprint density at radius 2 is 2.12 bits per heavy atom. The normalized spacial score (nSPS) is 9.06. The molecular formula is C14H17NO. The van der Waals surface area contributed by atoms with Crippen LogP contribution in [-0.4, -0.2) is 13.2 Å². The molecule has 0 fully saturated rings. The van der Waals surface area contributed by atoms with E-state index in [2.05, 4.69) is 23.7 Å². The van der Waals surface area contributed by atoms with E-state index in [1.54, 1.807) is 6.08 Å². The van der Waals surface area contributed by atoms with E-state index in [0.717, 1.165) is 18.8 Å². The fourth-order valence-electron chi connectivity index (χ4n) is 1.22. The Labute approximate surface area is 97.3 Å². The highest BCUT2D eigenvalue weighted by molar-refractivity contribution is 5.27. The standard InChI is InChI=1S/C14H17NO/c1-3-5-10-15-12-13-6-8-14(9-7-13)16-11-4-2/h4,6-9,15H,2,10-12H2,1H3. The molecule has 1 rings (SSSR count). The van der Waals surface area contributed by atoms with Gasteiger partial charge in [0.25, 0.3) is 0 Å². The molecule has 1 aromatic rings. The van der Waals surface area contributed by atoms with Crippen molar-refractivity contribution in [1.29, 1.82) is 0 Å². The van der Waals surface area contributed by atoms with Crippen molar-refractivity contribution in [2.45, 2.75) is 13.5 Å². The van der Waals surface area contributed by atoms with Crippen molar-refractivity contribution in [3.63, 3.8) is 0 Å². The third kappa shape index (κ3) is 4.68. The summed E-state index contributed by atoms with van der Waals surface area (Å²) in [7, 11) is 0. The van der Waals surface area contributed by atoms with Crippen LogP contribution in [0.15, 0.2) is 36.9 Å². The van der Waals surface area contributed by atoms with Gasteiger partial charge in [0.15, 0.2) is 0 Å². The van der Waals surface area contributed by atoms with Gasteiger partial charge in [-0.05, 0) is 24.6 Å². The smallest absolute Gasteiger partial charge is 0.119 e. The van der Waals surface area contributed by atoms with Crippen molar-refractivity contribution in [2.24, 2.45) is 0 Å². The molecule has 16 heavy (non-hydrogen) atoms. The second kappa shape index (κ2) is 7.56. The Hall–Kier alpha value is -1.72. The maximum Gasteiger partial charge on any atom is 0.119 e. The first-order chi connectivity index (χ1) is 7.86. The zero-order valence-corrected chi connectivity index (χ0v) is 9.62. The number of nitrogens with one attached hydrogen (secondary N) is 1. The Balaban J connectivity index is 2.37. The molecular weight excluding hydrogens is 198 g/mol. The van der Waals surface area contributed by atoms with Gasteiger partial charge in [0.2, 0.25) is 0 Å². The summed E-state index contributed by atoms with van der Waals surface area (Å²) in [6, 6.07) is 8.02. The first kappa shape index (κ1) is 12.4. The van der Waals surface area contributed by atoms with Gasteiger partial charge in [0.05, 0.1) is 6.54 Å². The van der Waals surface area contributed by atoms with Crippen LogP contribution < -0.4 is 10.1 Å². The number of benzene rings is 1. The Kier molecular flexibility index (Phi) is 5.83. The van der Waals surface area contributed by atoms with Crippen LogP contribution in [0.5, 0.6) is 5.75 Å². The Morgan fingerprint density at radius 1 is 1.38 bits per heavy atom. The van der Waals surface area contributed by atoms with Crippen molar-refractivity contribution in [2.75, 3.05) is 13.2 Å². The molecule has 0 bridgehead atoms. The van der Waals surface area contributed by atoms with Crippen LogP contribution in [-0.2, 0) is 6.54 Å². The van der Waals surface area contributed by atoms with Crippen LogP contribution in [0.25, 0.3) is 0 Å². The SMILES string of the molecule is C=CCOc1ccc(CNCC#CC)cc1. The van der Waals surface area contributed by atoms with Gasteiger partial charge >= 0.3 is 0 Å². The van der Waals surface area contributed by atoms with Crippen LogP contribution in [0.1, 0.15) is 12.5 Å². The summed E-state index contributed by atoms with van der Waals surface area (Å²) in [4.78, 5) is 0. The van der Waals surface area contributed by atoms with Crippen LogP contribution in [0.4, 0.5) is 0 Å². The van der Waals surface area contributed by atoms with Crippen LogP contribution in [0.2, 0.25) is 0 Å². The molecule has 2 nitrogen and oxygen atoms in total. The molecule has 0 radical (unpaired) electrons. The molecule has 0 saturated carbocycles. The van der Waals surface area contributed by atoms with Crippen LogP contribution in [0.3, 0.4) is 0 Å². The number of hydrogen-bond acceptors (Lipinski definition) is 2. The molecule has 84 valence electrons. The molecule has 0 aliphatic carbocycles. The largest absolute Gasteiger partial charge is 0.490 e. The molecule has 0 amide bonds. The van der Waals surface area contributed by atoms with E-state index >= 15 is 0 Å². The highest BCUT2D eigenvalue weighted by Gasteiger charge is 1.93. The molecule has 0 aliphatic rings. The van der Waals surface area contributed by atoms with E-state index in [9.17, 15) is 0 Å². The Bertz CT molecular complexity index is 370. The van der Waals surface area contributed by atoms with E-state index in [4.69, 9.17) is 4.74 Å². The van der Waals surface area contributed by atoms with Gasteiger partial charge in [0, 0.05) is 6.54 Å². The van der Waals surface area contributed by atoms with E-state index in [1.165, 1.54) is 5.56 Å². The first-order valence-electron chi connectivity index (χ1n) is 5.29. The summed E-state index contributed by atoms with van der Waals surface area (Å²) in [6.45, 7) is 7.55. The van der Waals surface area contributed by atoms with E-state index in [0.29, 0.717) is 6.61 Å². The molecule has 0 spiro atoms. The maximum absolute atomic E-state index is 5.39. The molecule has 0 aromatic heterocycles. The zero-order valence-electron chi connectivity index (χ0n) is 9.62. The van der Waals surface area contributed by atoms with Gasteiger partial charge < -0.3 is 10.1 Å². The lowest BCUT2D eigenvalue weighted by Gasteiger charge is -2.05.